The third kappa shape index (κ3) is 32.9. The first kappa shape index (κ1) is 44.9. The zero-order chi connectivity index (χ0) is 33.8. The second-order valence-corrected chi connectivity index (χ2v) is 14.5. The van der Waals surface area contributed by atoms with E-state index in [2.05, 4.69) is 27.7 Å². The molecule has 0 aromatic heterocycles. The van der Waals surface area contributed by atoms with Crippen LogP contribution in [0.3, 0.4) is 0 Å². The average Bonchev–Trinajstić information content (AvgIpc) is 3.06. The molecule has 0 rings (SSSR count). The molecule has 0 saturated carbocycles. The second-order valence-electron chi connectivity index (χ2n) is 14.5. The molecule has 0 aliphatic heterocycles. The highest BCUT2D eigenvalue weighted by Gasteiger charge is 2.15. The molecule has 4 heteroatoms. The van der Waals surface area contributed by atoms with Crippen LogP contribution in [0, 0.1) is 11.8 Å². The first-order chi connectivity index (χ1) is 22.6. The summed E-state index contributed by atoms with van der Waals surface area (Å²) in [7, 11) is 0. The topological polar surface area (TPSA) is 52.6 Å². The molecule has 274 valence electrons. The Kier molecular flexibility index (Phi) is 35.9. The van der Waals surface area contributed by atoms with Gasteiger partial charge in [-0.05, 0) is 50.4 Å². The van der Waals surface area contributed by atoms with Crippen LogP contribution in [0.1, 0.15) is 233 Å². The van der Waals surface area contributed by atoms with Gasteiger partial charge in [-0.15, -0.1) is 0 Å². The summed E-state index contributed by atoms with van der Waals surface area (Å²) in [5.74, 6) is 0.804. The van der Waals surface area contributed by atoms with Crippen molar-refractivity contribution in [3.05, 3.63) is 0 Å². The largest absolute Gasteiger partial charge is 0.465 e. The highest BCUT2D eigenvalue weighted by Crippen LogP contribution is 2.22. The Labute approximate surface area is 288 Å². The van der Waals surface area contributed by atoms with Gasteiger partial charge in [-0.2, -0.15) is 0 Å². The first-order valence-electron chi connectivity index (χ1n) is 20.9. The van der Waals surface area contributed by atoms with Crippen molar-refractivity contribution < 1.29 is 19.1 Å². The molecule has 0 radical (unpaired) electrons. The number of esters is 2. The van der Waals surface area contributed by atoms with Crippen molar-refractivity contribution in [3.8, 4) is 0 Å². The molecule has 0 saturated heterocycles. The summed E-state index contributed by atoms with van der Waals surface area (Å²) in [5, 5.41) is 0. The van der Waals surface area contributed by atoms with E-state index >= 15 is 0 Å². The minimum absolute atomic E-state index is 0.0952. The van der Waals surface area contributed by atoms with Crippen LogP contribution in [0.5, 0.6) is 0 Å². The second kappa shape index (κ2) is 36.8. The summed E-state index contributed by atoms with van der Waals surface area (Å²) < 4.78 is 11.5. The first-order valence-corrected chi connectivity index (χ1v) is 20.9. The van der Waals surface area contributed by atoms with Crippen LogP contribution >= 0.6 is 0 Å². The van der Waals surface area contributed by atoms with Crippen LogP contribution in [0.2, 0.25) is 0 Å². The van der Waals surface area contributed by atoms with Gasteiger partial charge in [-0.3, -0.25) is 9.59 Å². The number of carbonyl (C=O) groups is 2. The summed E-state index contributed by atoms with van der Waals surface area (Å²) in [4.78, 5) is 25.1. The van der Waals surface area contributed by atoms with E-state index in [0.29, 0.717) is 50.7 Å². The number of carbonyl (C=O) groups excluding carboxylic acids is 2. The number of ether oxygens (including phenoxy) is 2. The van der Waals surface area contributed by atoms with Gasteiger partial charge in [-0.1, -0.05) is 182 Å². The lowest BCUT2D eigenvalue weighted by atomic mass is 9.94. The molecule has 0 aliphatic carbocycles. The highest BCUT2D eigenvalue weighted by atomic mass is 16.5. The van der Waals surface area contributed by atoms with E-state index < -0.39 is 0 Å². The summed E-state index contributed by atoms with van der Waals surface area (Å²) in [5.41, 5.74) is 0. The van der Waals surface area contributed by atoms with Gasteiger partial charge >= 0.3 is 11.9 Å². The third-order valence-electron chi connectivity index (χ3n) is 9.84. The minimum atomic E-state index is -0.0952. The molecule has 0 bridgehead atoms. The number of unbranched alkanes of at least 4 members (excludes halogenated alkanes) is 21. The Morgan fingerprint density at radius 2 is 0.587 bits per heavy atom. The Hall–Kier alpha value is -1.06. The van der Waals surface area contributed by atoms with E-state index in [0.717, 1.165) is 0 Å². The van der Waals surface area contributed by atoms with E-state index in [9.17, 15) is 9.59 Å². The lowest BCUT2D eigenvalue weighted by molar-refractivity contribution is -0.147. The summed E-state index contributed by atoms with van der Waals surface area (Å²) >= 11 is 0. The predicted octanol–water partition coefficient (Wildman–Crippen LogP) is 13.9. The lowest BCUT2D eigenvalue weighted by Gasteiger charge is -2.18. The van der Waals surface area contributed by atoms with Crippen LogP contribution < -0.4 is 0 Å². The van der Waals surface area contributed by atoms with Gasteiger partial charge in [0.2, 0.25) is 0 Å². The highest BCUT2D eigenvalue weighted by molar-refractivity contribution is 5.70. The standard InChI is InChI=1S/C42H82O4/c1-5-9-13-17-21-25-31-39(32-26-22-18-14-10-6-2)37-45-41(43)35-29-30-36-42(44)46-38-40(33-27-23-19-15-11-7-3)34-28-24-20-16-12-8-4/h39-40H,5-38H2,1-4H3. The molecule has 0 aliphatic rings. The van der Waals surface area contributed by atoms with E-state index in [1.54, 1.807) is 0 Å². The molecule has 4 nitrogen and oxygen atoms in total. The van der Waals surface area contributed by atoms with Crippen LogP contribution in [-0.4, -0.2) is 25.2 Å². The fourth-order valence-electron chi connectivity index (χ4n) is 6.58. The van der Waals surface area contributed by atoms with E-state index in [4.69, 9.17) is 9.47 Å². The quantitative estimate of drug-likeness (QED) is 0.0496. The van der Waals surface area contributed by atoms with Crippen LogP contribution in [-0.2, 0) is 19.1 Å². The van der Waals surface area contributed by atoms with Crippen molar-refractivity contribution in [1.29, 1.82) is 0 Å². The van der Waals surface area contributed by atoms with Gasteiger partial charge in [0.05, 0.1) is 13.2 Å². The number of rotatable bonds is 37. The van der Waals surface area contributed by atoms with E-state index in [1.807, 2.05) is 0 Å². The monoisotopic (exact) mass is 651 g/mol. The van der Waals surface area contributed by atoms with Gasteiger partial charge in [0.15, 0.2) is 0 Å². The minimum Gasteiger partial charge on any atom is -0.465 e. The zero-order valence-corrected chi connectivity index (χ0v) is 31.8. The number of hydrogen-bond donors (Lipinski definition) is 0. The van der Waals surface area contributed by atoms with Crippen LogP contribution in [0.4, 0.5) is 0 Å². The molecule has 0 spiro atoms. The van der Waals surface area contributed by atoms with Gasteiger partial charge < -0.3 is 9.47 Å². The molecule has 0 amide bonds. The van der Waals surface area contributed by atoms with Gasteiger partial charge in [0, 0.05) is 12.8 Å². The molecule has 0 fully saturated rings. The van der Waals surface area contributed by atoms with Crippen LogP contribution in [0.15, 0.2) is 0 Å². The molecule has 0 aromatic rings. The van der Waals surface area contributed by atoms with Crippen LogP contribution in [0.25, 0.3) is 0 Å². The van der Waals surface area contributed by atoms with Crippen molar-refractivity contribution in [1.82, 2.24) is 0 Å². The fraction of sp³-hybridized carbons (Fsp3) is 0.952. The molecule has 0 heterocycles. The van der Waals surface area contributed by atoms with E-state index in [-0.39, 0.29) is 11.9 Å². The predicted molar refractivity (Wildman–Crippen MR) is 199 cm³/mol. The molecule has 46 heavy (non-hydrogen) atoms. The average molecular weight is 651 g/mol. The Balaban J connectivity index is 4.32. The Morgan fingerprint density at radius 3 is 0.848 bits per heavy atom. The van der Waals surface area contributed by atoms with Crippen molar-refractivity contribution in [2.75, 3.05) is 13.2 Å². The summed E-state index contributed by atoms with van der Waals surface area (Å²) in [6, 6.07) is 0. The smallest absolute Gasteiger partial charge is 0.305 e. The normalized spacial score (nSPS) is 11.5. The fourth-order valence-corrected chi connectivity index (χ4v) is 6.58. The van der Waals surface area contributed by atoms with Crippen molar-refractivity contribution in [3.63, 3.8) is 0 Å². The van der Waals surface area contributed by atoms with Crippen molar-refractivity contribution >= 4 is 11.9 Å². The molecule has 0 unspecified atom stereocenters. The molecular formula is C42H82O4. The molecule has 0 N–H and O–H groups in total. The summed E-state index contributed by atoms with van der Waals surface area (Å²) in [6.07, 6.45) is 38.4. The lowest BCUT2D eigenvalue weighted by Crippen LogP contribution is -2.15. The maximum atomic E-state index is 12.5. The van der Waals surface area contributed by atoms with Crippen molar-refractivity contribution in [2.45, 2.75) is 233 Å². The van der Waals surface area contributed by atoms with Gasteiger partial charge in [-0.25, -0.2) is 0 Å². The summed E-state index contributed by atoms with van der Waals surface area (Å²) in [6.45, 7) is 10.2. The Bertz CT molecular complexity index is 547. The van der Waals surface area contributed by atoms with E-state index in [1.165, 1.54) is 180 Å². The van der Waals surface area contributed by atoms with Crippen molar-refractivity contribution in [2.24, 2.45) is 11.8 Å². The van der Waals surface area contributed by atoms with Gasteiger partial charge in [0.25, 0.3) is 0 Å². The molecule has 0 atom stereocenters. The SMILES string of the molecule is CCCCCCCCC(CCCCCCCC)COC(=O)CCCCC(=O)OCC(CCCCCCCC)CCCCCCCC. The molecule has 0 aromatic carbocycles. The zero-order valence-electron chi connectivity index (χ0n) is 31.8. The number of hydrogen-bond acceptors (Lipinski definition) is 4. The third-order valence-corrected chi connectivity index (χ3v) is 9.84. The van der Waals surface area contributed by atoms with Gasteiger partial charge in [0.1, 0.15) is 0 Å². The molecular weight excluding hydrogens is 568 g/mol. The Morgan fingerprint density at radius 1 is 0.348 bits per heavy atom. The maximum Gasteiger partial charge on any atom is 0.305 e. The maximum absolute atomic E-state index is 12.5.